The summed E-state index contributed by atoms with van der Waals surface area (Å²) in [5.41, 5.74) is 0.196. The van der Waals surface area contributed by atoms with Crippen LogP contribution in [0.1, 0.15) is 17.3 Å². The highest BCUT2D eigenvalue weighted by atomic mass is 16.5. The Hall–Kier alpha value is -2.43. The van der Waals surface area contributed by atoms with Gasteiger partial charge >= 0.3 is 0 Å². The molecule has 1 heterocycles. The lowest BCUT2D eigenvalue weighted by Gasteiger charge is -2.10. The van der Waals surface area contributed by atoms with Crippen molar-refractivity contribution in [3.63, 3.8) is 0 Å². The first-order chi connectivity index (χ1) is 9.08. The summed E-state index contributed by atoms with van der Waals surface area (Å²) in [5, 5.41) is 0.715. The van der Waals surface area contributed by atoms with E-state index in [9.17, 15) is 14.4 Å². The molecule has 0 unspecified atom stereocenters. The van der Waals surface area contributed by atoms with E-state index in [-0.39, 0.29) is 17.9 Å². The highest BCUT2D eigenvalue weighted by Crippen LogP contribution is 2.20. The average molecular weight is 259 g/mol. The minimum Gasteiger partial charge on any atom is -0.497 e. The first-order valence-corrected chi connectivity index (χ1v) is 5.74. The first-order valence-electron chi connectivity index (χ1n) is 5.74. The molecule has 0 aliphatic heterocycles. The van der Waals surface area contributed by atoms with Crippen molar-refractivity contribution in [3.8, 4) is 5.75 Å². The molecule has 0 amide bonds. The van der Waals surface area contributed by atoms with Crippen molar-refractivity contribution >= 4 is 23.0 Å². The number of fused-ring (bicyclic) bond motifs is 1. The van der Waals surface area contributed by atoms with Gasteiger partial charge in [0, 0.05) is 6.07 Å². The van der Waals surface area contributed by atoms with E-state index in [0.717, 1.165) is 0 Å². The summed E-state index contributed by atoms with van der Waals surface area (Å²) in [6.45, 7) is 1.24. The fourth-order valence-electron chi connectivity index (χ4n) is 1.99. The van der Waals surface area contributed by atoms with Crippen LogP contribution >= 0.6 is 0 Å². The van der Waals surface area contributed by atoms with Crippen LogP contribution in [0.5, 0.6) is 5.75 Å². The van der Waals surface area contributed by atoms with E-state index < -0.39 is 5.56 Å². The molecule has 0 saturated heterocycles. The van der Waals surface area contributed by atoms with Crippen molar-refractivity contribution in [1.29, 1.82) is 0 Å². The molecule has 0 aliphatic rings. The number of hydrogen-bond donors (Lipinski definition) is 0. The maximum atomic E-state index is 12.2. The van der Waals surface area contributed by atoms with Crippen LogP contribution in [0.4, 0.5) is 0 Å². The van der Waals surface area contributed by atoms with E-state index in [1.807, 2.05) is 0 Å². The van der Waals surface area contributed by atoms with Gasteiger partial charge in [-0.05, 0) is 30.5 Å². The first kappa shape index (κ1) is 13.0. The lowest BCUT2D eigenvalue weighted by atomic mass is 10.1. The number of Topliss-reactive ketones (excluding diaryl/α,β-unsaturated/α-hetero) is 1. The maximum Gasteiger partial charge on any atom is 0.262 e. The monoisotopic (exact) mass is 259 g/mol. The van der Waals surface area contributed by atoms with Gasteiger partial charge in [-0.1, -0.05) is 0 Å². The standard InChI is InChI=1S/C14H13NO4/c1-9(17)12-7-10-3-4-11(19-2)8-13(10)15(5-6-16)14(12)18/h3-4,6-8H,5H2,1-2H3. The molecular formula is C14H13NO4. The minimum atomic E-state index is -0.458. The molecule has 2 aromatic rings. The van der Waals surface area contributed by atoms with Crippen molar-refractivity contribution in [2.45, 2.75) is 13.5 Å². The predicted molar refractivity (Wildman–Crippen MR) is 70.8 cm³/mol. The van der Waals surface area contributed by atoms with Crippen LogP contribution in [0.2, 0.25) is 0 Å². The second-order valence-corrected chi connectivity index (χ2v) is 4.12. The molecule has 2 rings (SSSR count). The Balaban J connectivity index is 2.87. The van der Waals surface area contributed by atoms with E-state index in [0.29, 0.717) is 22.9 Å². The Morgan fingerprint density at radius 1 is 1.37 bits per heavy atom. The summed E-state index contributed by atoms with van der Waals surface area (Å²) in [5.74, 6) is 0.268. The molecule has 0 radical (unpaired) electrons. The zero-order valence-electron chi connectivity index (χ0n) is 10.7. The van der Waals surface area contributed by atoms with Crippen molar-refractivity contribution < 1.29 is 14.3 Å². The number of ketones is 1. The summed E-state index contributed by atoms with van der Waals surface area (Å²) in [4.78, 5) is 34.3. The molecule has 0 aliphatic carbocycles. The second kappa shape index (κ2) is 5.06. The molecule has 5 heteroatoms. The third-order valence-corrected chi connectivity index (χ3v) is 2.94. The molecule has 0 spiro atoms. The van der Waals surface area contributed by atoms with Crippen LogP contribution in [0, 0.1) is 0 Å². The van der Waals surface area contributed by atoms with Gasteiger partial charge < -0.3 is 14.1 Å². The van der Waals surface area contributed by atoms with Crippen molar-refractivity contribution in [3.05, 3.63) is 40.2 Å². The Labute approximate surface area is 109 Å². The van der Waals surface area contributed by atoms with E-state index in [4.69, 9.17) is 4.74 Å². The molecule has 0 saturated carbocycles. The summed E-state index contributed by atoms with van der Waals surface area (Å²) in [6.07, 6.45) is 0.629. The van der Waals surface area contributed by atoms with Crippen molar-refractivity contribution in [2.24, 2.45) is 0 Å². The Morgan fingerprint density at radius 2 is 2.11 bits per heavy atom. The summed E-state index contributed by atoms with van der Waals surface area (Å²) in [6, 6.07) is 6.70. The highest BCUT2D eigenvalue weighted by molar-refractivity contribution is 5.97. The Morgan fingerprint density at radius 3 is 2.68 bits per heavy atom. The van der Waals surface area contributed by atoms with E-state index in [1.54, 1.807) is 24.3 Å². The SMILES string of the molecule is COc1ccc2cc(C(C)=O)c(=O)n(CC=O)c2c1. The van der Waals surface area contributed by atoms with Crippen LogP contribution in [0.25, 0.3) is 10.9 Å². The number of benzene rings is 1. The average Bonchev–Trinajstić information content (AvgIpc) is 2.40. The fourth-order valence-corrected chi connectivity index (χ4v) is 1.99. The molecular weight excluding hydrogens is 246 g/mol. The van der Waals surface area contributed by atoms with Crippen molar-refractivity contribution in [1.82, 2.24) is 4.57 Å². The lowest BCUT2D eigenvalue weighted by Crippen LogP contribution is -2.26. The van der Waals surface area contributed by atoms with E-state index in [2.05, 4.69) is 0 Å². The zero-order valence-corrected chi connectivity index (χ0v) is 10.7. The van der Waals surface area contributed by atoms with E-state index >= 15 is 0 Å². The van der Waals surface area contributed by atoms with Gasteiger partial charge in [0.15, 0.2) is 5.78 Å². The van der Waals surface area contributed by atoms with Gasteiger partial charge in [-0.25, -0.2) is 0 Å². The quantitative estimate of drug-likeness (QED) is 0.615. The van der Waals surface area contributed by atoms with Crippen molar-refractivity contribution in [2.75, 3.05) is 7.11 Å². The highest BCUT2D eigenvalue weighted by Gasteiger charge is 2.12. The van der Waals surface area contributed by atoms with Crippen LogP contribution < -0.4 is 10.3 Å². The van der Waals surface area contributed by atoms with Gasteiger partial charge in [-0.2, -0.15) is 0 Å². The largest absolute Gasteiger partial charge is 0.497 e. The summed E-state index contributed by atoms with van der Waals surface area (Å²) >= 11 is 0. The number of hydrogen-bond acceptors (Lipinski definition) is 4. The Kier molecular flexibility index (Phi) is 3.46. The topological polar surface area (TPSA) is 65.4 Å². The van der Waals surface area contributed by atoms with Crippen LogP contribution in [0.15, 0.2) is 29.1 Å². The minimum absolute atomic E-state index is 0.0829. The number of rotatable bonds is 4. The van der Waals surface area contributed by atoms with Gasteiger partial charge in [-0.3, -0.25) is 9.59 Å². The smallest absolute Gasteiger partial charge is 0.262 e. The predicted octanol–water partition coefficient (Wildman–Crippen LogP) is 1.41. The van der Waals surface area contributed by atoms with Crippen LogP contribution in [-0.2, 0) is 11.3 Å². The molecule has 5 nitrogen and oxygen atoms in total. The van der Waals surface area contributed by atoms with Crippen LogP contribution in [0.3, 0.4) is 0 Å². The van der Waals surface area contributed by atoms with Gasteiger partial charge in [0.25, 0.3) is 5.56 Å². The number of carbonyl (C=O) groups is 2. The second-order valence-electron chi connectivity index (χ2n) is 4.12. The molecule has 0 bridgehead atoms. The fraction of sp³-hybridized carbons (Fsp3) is 0.214. The molecule has 0 atom stereocenters. The molecule has 1 aromatic heterocycles. The number of aromatic nitrogens is 1. The van der Waals surface area contributed by atoms with Gasteiger partial charge in [0.2, 0.25) is 0 Å². The number of pyridine rings is 1. The molecule has 0 N–H and O–H groups in total. The van der Waals surface area contributed by atoms with Gasteiger partial charge in [0.1, 0.15) is 12.0 Å². The van der Waals surface area contributed by atoms with Gasteiger partial charge in [0.05, 0.1) is 24.7 Å². The number of ether oxygens (including phenoxy) is 1. The summed E-state index contributed by atoms with van der Waals surface area (Å²) in [7, 11) is 1.52. The number of methoxy groups -OCH3 is 1. The third-order valence-electron chi connectivity index (χ3n) is 2.94. The third kappa shape index (κ3) is 2.27. The molecule has 98 valence electrons. The number of carbonyl (C=O) groups excluding carboxylic acids is 2. The molecule has 1 aromatic carbocycles. The Bertz CT molecular complexity index is 715. The normalized spacial score (nSPS) is 10.4. The lowest BCUT2D eigenvalue weighted by molar-refractivity contribution is -0.108. The maximum absolute atomic E-state index is 12.2. The van der Waals surface area contributed by atoms with Gasteiger partial charge in [-0.15, -0.1) is 0 Å². The van der Waals surface area contributed by atoms with E-state index in [1.165, 1.54) is 18.6 Å². The zero-order chi connectivity index (χ0) is 14.0. The van der Waals surface area contributed by atoms with Crippen LogP contribution in [-0.4, -0.2) is 23.7 Å². The molecule has 19 heavy (non-hydrogen) atoms. The molecule has 0 fully saturated rings. The number of aldehydes is 1. The summed E-state index contributed by atoms with van der Waals surface area (Å²) < 4.78 is 6.38. The number of nitrogens with zero attached hydrogens (tertiary/aromatic N) is 1.